The largest absolute Gasteiger partial charge is 0.379 e. The summed E-state index contributed by atoms with van der Waals surface area (Å²) in [6, 6.07) is 4.15. The molecule has 1 rings (SSSR count). The van der Waals surface area contributed by atoms with E-state index >= 15 is 0 Å². The molecule has 1 aromatic carbocycles. The van der Waals surface area contributed by atoms with Gasteiger partial charge in [-0.1, -0.05) is 13.8 Å². The van der Waals surface area contributed by atoms with Crippen LogP contribution < -0.4 is 16.8 Å². The summed E-state index contributed by atoms with van der Waals surface area (Å²) in [7, 11) is 0. The first kappa shape index (κ1) is 14.4. The van der Waals surface area contributed by atoms with Crippen LogP contribution >= 0.6 is 0 Å². The van der Waals surface area contributed by atoms with Gasteiger partial charge in [0.25, 0.3) is 0 Å². The number of nitrogens with one attached hydrogen (secondary N) is 1. The molecular weight excluding hydrogens is 233 g/mol. The second-order valence-corrected chi connectivity index (χ2v) is 4.77. The number of hydrogen-bond acceptors (Lipinski definition) is 3. The number of primary amides is 1. The van der Waals surface area contributed by atoms with Crippen LogP contribution in [0.4, 0.5) is 10.1 Å². The number of rotatable bonds is 6. The van der Waals surface area contributed by atoms with Crippen molar-refractivity contribution in [2.45, 2.75) is 26.3 Å². The zero-order valence-electron chi connectivity index (χ0n) is 10.7. The first-order valence-corrected chi connectivity index (χ1v) is 6.00. The lowest BCUT2D eigenvalue weighted by Crippen LogP contribution is -2.30. The van der Waals surface area contributed by atoms with Gasteiger partial charge in [0.15, 0.2) is 0 Å². The third-order valence-electron chi connectivity index (χ3n) is 2.65. The minimum atomic E-state index is -0.641. The Labute approximate surface area is 107 Å². The summed E-state index contributed by atoms with van der Waals surface area (Å²) in [5.41, 5.74) is 11.2. The molecule has 1 amide bonds. The van der Waals surface area contributed by atoms with Crippen LogP contribution in [0.3, 0.4) is 0 Å². The molecule has 0 bridgehead atoms. The third-order valence-corrected chi connectivity index (χ3v) is 2.65. The van der Waals surface area contributed by atoms with Crippen LogP contribution in [0.5, 0.6) is 0 Å². The van der Waals surface area contributed by atoms with Gasteiger partial charge in [-0.3, -0.25) is 4.79 Å². The Kier molecular flexibility index (Phi) is 5.09. The van der Waals surface area contributed by atoms with Gasteiger partial charge in [-0.05, 0) is 30.5 Å². The van der Waals surface area contributed by atoms with E-state index in [4.69, 9.17) is 11.5 Å². The van der Waals surface area contributed by atoms with Crippen molar-refractivity contribution in [1.29, 1.82) is 0 Å². The number of halogens is 1. The molecule has 0 aliphatic rings. The third kappa shape index (κ3) is 4.00. The van der Waals surface area contributed by atoms with Crippen LogP contribution in [0.2, 0.25) is 0 Å². The minimum Gasteiger partial charge on any atom is -0.379 e. The molecule has 1 unspecified atom stereocenters. The van der Waals surface area contributed by atoms with E-state index in [0.717, 1.165) is 12.5 Å². The van der Waals surface area contributed by atoms with Crippen molar-refractivity contribution in [1.82, 2.24) is 0 Å². The maximum absolute atomic E-state index is 13.7. The number of carbonyl (C=O) groups is 1. The summed E-state index contributed by atoms with van der Waals surface area (Å²) >= 11 is 0. The van der Waals surface area contributed by atoms with Crippen molar-refractivity contribution in [3.05, 3.63) is 29.6 Å². The molecule has 0 aliphatic heterocycles. The first-order valence-electron chi connectivity index (χ1n) is 6.00. The molecule has 1 atom stereocenters. The fraction of sp³-hybridized carbons (Fsp3) is 0.462. The Bertz CT molecular complexity index is 421. The number of hydrogen-bond donors (Lipinski definition) is 3. The van der Waals surface area contributed by atoms with Crippen LogP contribution in [0.15, 0.2) is 18.2 Å². The summed E-state index contributed by atoms with van der Waals surface area (Å²) in [4.78, 5) is 10.9. The standard InChI is InChI=1S/C13H20FN3O/c1-8(2)5-10(7-15)17-12-4-3-9(13(16)18)6-11(12)14/h3-4,6,8,10,17H,5,7,15H2,1-2H3,(H2,16,18). The number of nitrogens with two attached hydrogens (primary N) is 2. The Morgan fingerprint density at radius 1 is 1.44 bits per heavy atom. The molecule has 18 heavy (non-hydrogen) atoms. The zero-order chi connectivity index (χ0) is 13.7. The number of amides is 1. The van der Waals surface area contributed by atoms with Crippen LogP contribution in [-0.2, 0) is 0 Å². The summed E-state index contributed by atoms with van der Waals surface area (Å²) < 4.78 is 13.7. The van der Waals surface area contributed by atoms with E-state index in [9.17, 15) is 9.18 Å². The van der Waals surface area contributed by atoms with Crippen LogP contribution in [0.1, 0.15) is 30.6 Å². The Balaban J connectivity index is 2.80. The minimum absolute atomic E-state index is 0.0129. The van der Waals surface area contributed by atoms with Gasteiger partial charge in [-0.25, -0.2) is 4.39 Å². The molecule has 0 heterocycles. The smallest absolute Gasteiger partial charge is 0.248 e. The molecule has 4 nitrogen and oxygen atoms in total. The van der Waals surface area contributed by atoms with Gasteiger partial charge in [-0.2, -0.15) is 0 Å². The van der Waals surface area contributed by atoms with Crippen molar-refractivity contribution in [3.63, 3.8) is 0 Å². The van der Waals surface area contributed by atoms with Crippen molar-refractivity contribution in [3.8, 4) is 0 Å². The van der Waals surface area contributed by atoms with Gasteiger partial charge < -0.3 is 16.8 Å². The predicted molar refractivity (Wildman–Crippen MR) is 70.8 cm³/mol. The van der Waals surface area contributed by atoms with Gasteiger partial charge in [-0.15, -0.1) is 0 Å². The van der Waals surface area contributed by atoms with Crippen LogP contribution in [-0.4, -0.2) is 18.5 Å². The lowest BCUT2D eigenvalue weighted by Gasteiger charge is -2.20. The molecule has 5 heteroatoms. The molecule has 0 saturated carbocycles. The maximum atomic E-state index is 13.7. The second-order valence-electron chi connectivity index (χ2n) is 4.77. The first-order chi connectivity index (χ1) is 8.43. The quantitative estimate of drug-likeness (QED) is 0.722. The summed E-state index contributed by atoms with van der Waals surface area (Å²) in [5, 5.41) is 3.04. The highest BCUT2D eigenvalue weighted by Gasteiger charge is 2.12. The lowest BCUT2D eigenvalue weighted by atomic mass is 10.0. The van der Waals surface area contributed by atoms with E-state index < -0.39 is 11.7 Å². The number of benzene rings is 1. The molecule has 100 valence electrons. The predicted octanol–water partition coefficient (Wildman–Crippen LogP) is 1.71. The van der Waals surface area contributed by atoms with Crippen molar-refractivity contribution in [2.75, 3.05) is 11.9 Å². The summed E-state index contributed by atoms with van der Waals surface area (Å²) in [6.07, 6.45) is 0.855. The van der Waals surface area contributed by atoms with Crippen molar-refractivity contribution >= 4 is 11.6 Å². The highest BCUT2D eigenvalue weighted by Crippen LogP contribution is 2.18. The average molecular weight is 253 g/mol. The van der Waals surface area contributed by atoms with E-state index in [0.29, 0.717) is 18.2 Å². The molecule has 0 aliphatic carbocycles. The number of anilines is 1. The van der Waals surface area contributed by atoms with Gasteiger partial charge >= 0.3 is 0 Å². The van der Waals surface area contributed by atoms with Crippen LogP contribution in [0, 0.1) is 11.7 Å². The SMILES string of the molecule is CC(C)CC(CN)Nc1ccc(C(N)=O)cc1F. The lowest BCUT2D eigenvalue weighted by molar-refractivity contribution is 0.1000. The highest BCUT2D eigenvalue weighted by atomic mass is 19.1. The van der Waals surface area contributed by atoms with Gasteiger partial charge in [0.05, 0.1) is 5.69 Å². The summed E-state index contributed by atoms with van der Waals surface area (Å²) in [6.45, 7) is 4.59. The van der Waals surface area contributed by atoms with E-state index in [1.165, 1.54) is 12.1 Å². The van der Waals surface area contributed by atoms with E-state index in [1.807, 2.05) is 0 Å². The molecule has 1 aromatic rings. The fourth-order valence-electron chi connectivity index (χ4n) is 1.79. The van der Waals surface area contributed by atoms with Gasteiger partial charge in [0.1, 0.15) is 5.82 Å². The van der Waals surface area contributed by atoms with Gasteiger partial charge in [0.2, 0.25) is 5.91 Å². The van der Waals surface area contributed by atoms with Crippen molar-refractivity contribution in [2.24, 2.45) is 17.4 Å². The number of carbonyl (C=O) groups excluding carboxylic acids is 1. The molecule has 5 N–H and O–H groups in total. The molecule has 0 saturated heterocycles. The monoisotopic (exact) mass is 253 g/mol. The maximum Gasteiger partial charge on any atom is 0.248 e. The Morgan fingerprint density at radius 2 is 2.11 bits per heavy atom. The Hall–Kier alpha value is -1.62. The van der Waals surface area contributed by atoms with E-state index in [1.54, 1.807) is 0 Å². The fourth-order valence-corrected chi connectivity index (χ4v) is 1.79. The molecular formula is C13H20FN3O. The van der Waals surface area contributed by atoms with Crippen molar-refractivity contribution < 1.29 is 9.18 Å². The molecule has 0 fully saturated rings. The second kappa shape index (κ2) is 6.35. The molecule has 0 spiro atoms. The van der Waals surface area contributed by atoms with Crippen LogP contribution in [0.25, 0.3) is 0 Å². The van der Waals surface area contributed by atoms with Gasteiger partial charge in [0, 0.05) is 18.2 Å². The summed E-state index contributed by atoms with van der Waals surface area (Å²) in [5.74, 6) is -0.662. The zero-order valence-corrected chi connectivity index (χ0v) is 10.7. The highest BCUT2D eigenvalue weighted by molar-refractivity contribution is 5.93. The topological polar surface area (TPSA) is 81.1 Å². The molecule has 0 aromatic heterocycles. The average Bonchev–Trinajstić information content (AvgIpc) is 2.29. The van der Waals surface area contributed by atoms with E-state index in [-0.39, 0.29) is 11.6 Å². The molecule has 0 radical (unpaired) electrons. The normalized spacial score (nSPS) is 12.5. The van der Waals surface area contributed by atoms with E-state index in [2.05, 4.69) is 19.2 Å². The Morgan fingerprint density at radius 3 is 2.56 bits per heavy atom.